The number of hydrogen-bond donors (Lipinski definition) is 0. The predicted octanol–water partition coefficient (Wildman–Crippen LogP) is 7.05. The maximum atomic E-state index is 13.9. The second kappa shape index (κ2) is 11.4. The molecule has 6 nitrogen and oxygen atoms in total. The van der Waals surface area contributed by atoms with Gasteiger partial charge in [0.15, 0.2) is 5.79 Å². The minimum Gasteiger partial charge on any atom is -0.460 e. The molecule has 212 valence electrons. The third kappa shape index (κ3) is 7.25. The largest absolute Gasteiger partial charge is 0.460 e. The molecule has 2 atom stereocenters. The first kappa shape index (κ1) is 29.2. The number of anilines is 1. The first-order chi connectivity index (χ1) is 18.2. The van der Waals surface area contributed by atoms with Gasteiger partial charge in [-0.2, -0.15) is 0 Å². The number of nitrogens with zero attached hydrogens (tertiary/aromatic N) is 2. The van der Waals surface area contributed by atoms with Crippen molar-refractivity contribution < 1.29 is 23.4 Å². The van der Waals surface area contributed by atoms with Crippen LogP contribution in [0.3, 0.4) is 0 Å². The van der Waals surface area contributed by atoms with Crippen LogP contribution in [0.1, 0.15) is 90.5 Å². The number of hydrogen-bond acceptors (Lipinski definition) is 6. The van der Waals surface area contributed by atoms with E-state index in [4.69, 9.17) is 19.2 Å². The Labute approximate surface area is 232 Å². The highest BCUT2D eigenvalue weighted by Crippen LogP contribution is 2.41. The van der Waals surface area contributed by atoms with Crippen molar-refractivity contribution >= 4 is 17.9 Å². The number of halogens is 1. The molecule has 0 saturated carbocycles. The van der Waals surface area contributed by atoms with Crippen LogP contribution < -0.4 is 4.90 Å². The summed E-state index contributed by atoms with van der Waals surface area (Å²) < 4.78 is 31.8. The standard InChI is InChI=1S/C32H43FN2O4/c1-20(2)29-25(16-15-23-18-24(38-32(6,7)37-23)19-27(36)39-31(3,4)5)28(21-11-13-22(33)14-12-21)26-10-9-17-35(8)30(26)34-29/h11-16,20,23-24H,9-10,17-19H2,1-8H3/b16-15+/t23-,24-/m1/s1. The molecule has 0 radical (unpaired) electrons. The van der Waals surface area contributed by atoms with E-state index in [2.05, 4.69) is 37.9 Å². The lowest BCUT2D eigenvalue weighted by Crippen LogP contribution is -2.45. The van der Waals surface area contributed by atoms with Gasteiger partial charge in [-0.1, -0.05) is 38.1 Å². The molecule has 1 aromatic heterocycles. The van der Waals surface area contributed by atoms with Crippen LogP contribution in [0.25, 0.3) is 17.2 Å². The van der Waals surface area contributed by atoms with Crippen molar-refractivity contribution in [3.8, 4) is 11.1 Å². The fourth-order valence-electron chi connectivity index (χ4n) is 5.52. The average Bonchev–Trinajstić information content (AvgIpc) is 2.80. The van der Waals surface area contributed by atoms with Gasteiger partial charge in [0.05, 0.1) is 24.3 Å². The van der Waals surface area contributed by atoms with Gasteiger partial charge in [0, 0.05) is 31.1 Å². The molecule has 7 heteroatoms. The summed E-state index contributed by atoms with van der Waals surface area (Å²) in [7, 11) is 2.09. The van der Waals surface area contributed by atoms with E-state index in [1.165, 1.54) is 17.7 Å². The second-order valence-corrected chi connectivity index (χ2v) is 12.5. The number of benzene rings is 1. The van der Waals surface area contributed by atoms with E-state index in [1.807, 2.05) is 46.8 Å². The monoisotopic (exact) mass is 538 g/mol. The van der Waals surface area contributed by atoms with Crippen molar-refractivity contribution in [3.63, 3.8) is 0 Å². The average molecular weight is 539 g/mol. The van der Waals surface area contributed by atoms with Gasteiger partial charge in [0.1, 0.15) is 17.2 Å². The lowest BCUT2D eigenvalue weighted by Gasteiger charge is -2.40. The number of carbonyl (C=O) groups is 1. The third-order valence-corrected chi connectivity index (χ3v) is 6.98. The van der Waals surface area contributed by atoms with Crippen LogP contribution in [0.5, 0.6) is 0 Å². The minimum absolute atomic E-state index is 0.166. The molecule has 3 heterocycles. The highest BCUT2D eigenvalue weighted by atomic mass is 19.1. The summed E-state index contributed by atoms with van der Waals surface area (Å²) in [4.78, 5) is 19.9. The van der Waals surface area contributed by atoms with Crippen molar-refractivity contribution in [2.75, 3.05) is 18.5 Å². The Morgan fingerprint density at radius 3 is 2.56 bits per heavy atom. The van der Waals surface area contributed by atoms with Gasteiger partial charge in [0.25, 0.3) is 0 Å². The van der Waals surface area contributed by atoms with E-state index in [1.54, 1.807) is 0 Å². The smallest absolute Gasteiger partial charge is 0.308 e. The molecule has 0 aliphatic carbocycles. The zero-order chi connectivity index (χ0) is 28.5. The second-order valence-electron chi connectivity index (χ2n) is 12.5. The molecule has 2 aliphatic heterocycles. The van der Waals surface area contributed by atoms with Crippen LogP contribution in [0.4, 0.5) is 10.2 Å². The van der Waals surface area contributed by atoms with Gasteiger partial charge in [-0.05, 0) is 76.6 Å². The van der Waals surface area contributed by atoms with Crippen molar-refractivity contribution in [2.24, 2.45) is 0 Å². The summed E-state index contributed by atoms with van der Waals surface area (Å²) in [5.41, 5.74) is 4.74. The predicted molar refractivity (Wildman–Crippen MR) is 153 cm³/mol. The molecule has 0 spiro atoms. The molecule has 4 rings (SSSR count). The number of rotatable bonds is 6. The van der Waals surface area contributed by atoms with Gasteiger partial charge in [-0.25, -0.2) is 9.37 Å². The van der Waals surface area contributed by atoms with Crippen LogP contribution in [0.2, 0.25) is 0 Å². The summed E-state index contributed by atoms with van der Waals surface area (Å²) in [6.07, 6.45) is 6.22. The fourth-order valence-corrected chi connectivity index (χ4v) is 5.52. The van der Waals surface area contributed by atoms with Crippen LogP contribution in [0, 0.1) is 5.82 Å². The van der Waals surface area contributed by atoms with Gasteiger partial charge < -0.3 is 19.1 Å². The summed E-state index contributed by atoms with van der Waals surface area (Å²) in [5.74, 6) is -0.207. The van der Waals surface area contributed by atoms with Gasteiger partial charge in [0.2, 0.25) is 0 Å². The van der Waals surface area contributed by atoms with Crippen LogP contribution >= 0.6 is 0 Å². The molecule has 2 aliphatic rings. The zero-order valence-corrected chi connectivity index (χ0v) is 24.6. The SMILES string of the molecule is CC(C)c1nc2c(c(-c3ccc(F)cc3)c1/C=C/[C@@H]1C[C@H](CC(=O)OC(C)(C)C)OC(C)(C)O1)CCCN2C. The lowest BCUT2D eigenvalue weighted by atomic mass is 9.87. The number of esters is 1. The molecule has 2 aromatic rings. The normalized spacial score (nSPS) is 21.3. The maximum absolute atomic E-state index is 13.9. The number of carbonyl (C=O) groups excluding carboxylic acids is 1. The first-order valence-corrected chi connectivity index (χ1v) is 14.0. The number of aromatic nitrogens is 1. The van der Waals surface area contributed by atoms with E-state index < -0.39 is 11.4 Å². The Hall–Kier alpha value is -2.77. The topological polar surface area (TPSA) is 60.9 Å². The Kier molecular flexibility index (Phi) is 8.52. The maximum Gasteiger partial charge on any atom is 0.308 e. The molecule has 0 unspecified atom stereocenters. The molecule has 39 heavy (non-hydrogen) atoms. The van der Waals surface area contributed by atoms with Crippen molar-refractivity contribution in [3.05, 3.63) is 53.0 Å². The summed E-state index contributed by atoms with van der Waals surface area (Å²) in [6, 6.07) is 6.74. The van der Waals surface area contributed by atoms with E-state index in [-0.39, 0.29) is 36.3 Å². The van der Waals surface area contributed by atoms with Crippen molar-refractivity contribution in [1.29, 1.82) is 0 Å². The zero-order valence-electron chi connectivity index (χ0n) is 24.6. The van der Waals surface area contributed by atoms with E-state index in [0.717, 1.165) is 47.6 Å². The number of pyridine rings is 1. The van der Waals surface area contributed by atoms with Crippen molar-refractivity contribution in [1.82, 2.24) is 4.98 Å². The third-order valence-electron chi connectivity index (χ3n) is 6.98. The molecule has 1 fully saturated rings. The highest BCUT2D eigenvalue weighted by Gasteiger charge is 2.36. The van der Waals surface area contributed by atoms with Gasteiger partial charge in [-0.3, -0.25) is 4.79 Å². The molecular weight excluding hydrogens is 495 g/mol. The van der Waals surface area contributed by atoms with Crippen molar-refractivity contribution in [2.45, 2.75) is 104 Å². The van der Waals surface area contributed by atoms with Gasteiger partial charge >= 0.3 is 5.97 Å². The number of ether oxygens (including phenoxy) is 3. The molecule has 1 saturated heterocycles. The fraction of sp³-hybridized carbons (Fsp3) is 0.562. The Bertz CT molecular complexity index is 1210. The van der Waals surface area contributed by atoms with Crippen LogP contribution in [-0.4, -0.2) is 48.1 Å². The summed E-state index contributed by atoms with van der Waals surface area (Å²) in [5, 5.41) is 0. The van der Waals surface area contributed by atoms with Crippen LogP contribution in [-0.2, 0) is 25.4 Å². The Morgan fingerprint density at radius 1 is 1.23 bits per heavy atom. The van der Waals surface area contributed by atoms with E-state index in [0.29, 0.717) is 6.42 Å². The first-order valence-electron chi connectivity index (χ1n) is 14.0. The molecule has 1 aromatic carbocycles. The Balaban J connectivity index is 1.72. The molecule has 0 N–H and O–H groups in total. The summed E-state index contributed by atoms with van der Waals surface area (Å²) in [6.45, 7) is 14.6. The molecular formula is C32H43FN2O4. The lowest BCUT2D eigenvalue weighted by molar-refractivity contribution is -0.290. The summed E-state index contributed by atoms with van der Waals surface area (Å²) >= 11 is 0. The van der Waals surface area contributed by atoms with E-state index in [9.17, 15) is 9.18 Å². The highest BCUT2D eigenvalue weighted by molar-refractivity contribution is 5.83. The quantitative estimate of drug-likeness (QED) is 0.367. The van der Waals surface area contributed by atoms with E-state index >= 15 is 0 Å². The number of fused-ring (bicyclic) bond motifs is 1. The Morgan fingerprint density at radius 2 is 1.92 bits per heavy atom. The van der Waals surface area contributed by atoms with Gasteiger partial charge in [-0.15, -0.1) is 0 Å². The molecule has 0 amide bonds. The molecule has 0 bridgehead atoms. The minimum atomic E-state index is -0.850. The van der Waals surface area contributed by atoms with Crippen LogP contribution in [0.15, 0.2) is 30.3 Å².